The summed E-state index contributed by atoms with van der Waals surface area (Å²) in [5.41, 5.74) is 2.87. The van der Waals surface area contributed by atoms with Gasteiger partial charge in [0.05, 0.1) is 19.3 Å². The average Bonchev–Trinajstić information content (AvgIpc) is 2.53. The summed E-state index contributed by atoms with van der Waals surface area (Å²) < 4.78 is 10.8. The minimum Gasteiger partial charge on any atom is -0.495 e. The lowest BCUT2D eigenvalue weighted by Crippen LogP contribution is -2.32. The fraction of sp³-hybridized carbons (Fsp3) is 0.278. The predicted molar refractivity (Wildman–Crippen MR) is 91.4 cm³/mol. The van der Waals surface area contributed by atoms with Gasteiger partial charge < -0.3 is 20.1 Å². The predicted octanol–water partition coefficient (Wildman–Crippen LogP) is 3.51. The van der Waals surface area contributed by atoms with E-state index in [0.29, 0.717) is 24.6 Å². The van der Waals surface area contributed by atoms with Crippen LogP contribution in [-0.4, -0.2) is 26.3 Å². The molecule has 0 saturated heterocycles. The lowest BCUT2D eigenvalue weighted by molar-refractivity contribution is 0.247. The maximum atomic E-state index is 11.9. The summed E-state index contributed by atoms with van der Waals surface area (Å²) in [6.07, 6.45) is 0. The molecule has 0 saturated carbocycles. The quantitative estimate of drug-likeness (QED) is 0.802. The van der Waals surface area contributed by atoms with Gasteiger partial charge in [-0.1, -0.05) is 23.8 Å². The topological polar surface area (TPSA) is 59.6 Å². The monoisotopic (exact) mass is 314 g/mol. The van der Waals surface area contributed by atoms with Crippen molar-refractivity contribution < 1.29 is 14.3 Å². The van der Waals surface area contributed by atoms with Gasteiger partial charge in [-0.15, -0.1) is 0 Å². The van der Waals surface area contributed by atoms with Crippen molar-refractivity contribution >= 4 is 11.7 Å². The molecule has 0 aliphatic rings. The van der Waals surface area contributed by atoms with Crippen molar-refractivity contribution in [2.24, 2.45) is 0 Å². The number of rotatable bonds is 6. The van der Waals surface area contributed by atoms with Crippen molar-refractivity contribution in [3.63, 3.8) is 0 Å². The van der Waals surface area contributed by atoms with Crippen LogP contribution in [0.15, 0.2) is 42.5 Å². The zero-order valence-corrected chi connectivity index (χ0v) is 13.7. The first kappa shape index (κ1) is 16.7. The van der Waals surface area contributed by atoms with Crippen molar-refractivity contribution in [1.82, 2.24) is 5.32 Å². The molecule has 23 heavy (non-hydrogen) atoms. The van der Waals surface area contributed by atoms with Crippen molar-refractivity contribution in [1.29, 1.82) is 0 Å². The van der Waals surface area contributed by atoms with Gasteiger partial charge in [0.1, 0.15) is 18.1 Å². The van der Waals surface area contributed by atoms with Crippen LogP contribution in [0.1, 0.15) is 11.1 Å². The van der Waals surface area contributed by atoms with Crippen LogP contribution in [0.2, 0.25) is 0 Å². The van der Waals surface area contributed by atoms with Crippen molar-refractivity contribution in [3.8, 4) is 11.5 Å². The number of carbonyl (C=O) groups is 1. The molecule has 0 aliphatic carbocycles. The summed E-state index contributed by atoms with van der Waals surface area (Å²) in [7, 11) is 1.57. The highest BCUT2D eigenvalue weighted by Crippen LogP contribution is 2.24. The number of nitrogens with one attached hydrogen (secondary N) is 2. The van der Waals surface area contributed by atoms with E-state index in [4.69, 9.17) is 9.47 Å². The Kier molecular flexibility index (Phi) is 5.86. The number of amides is 2. The molecule has 0 heterocycles. The van der Waals surface area contributed by atoms with E-state index >= 15 is 0 Å². The number of hydrogen-bond donors (Lipinski definition) is 2. The number of hydrogen-bond acceptors (Lipinski definition) is 3. The molecule has 2 rings (SSSR count). The Morgan fingerprint density at radius 1 is 1.04 bits per heavy atom. The largest absolute Gasteiger partial charge is 0.495 e. The first-order valence-corrected chi connectivity index (χ1v) is 7.47. The van der Waals surface area contributed by atoms with E-state index in [0.717, 1.165) is 11.3 Å². The number of anilines is 1. The molecule has 2 N–H and O–H groups in total. The Morgan fingerprint density at radius 3 is 2.43 bits per heavy atom. The van der Waals surface area contributed by atoms with Gasteiger partial charge in [0, 0.05) is 0 Å². The maximum Gasteiger partial charge on any atom is 0.319 e. The second-order valence-corrected chi connectivity index (χ2v) is 5.25. The number of ether oxygens (including phenoxy) is 2. The van der Waals surface area contributed by atoms with Gasteiger partial charge in [-0.2, -0.15) is 0 Å². The Bertz CT molecular complexity index is 654. The molecule has 2 aromatic carbocycles. The van der Waals surface area contributed by atoms with E-state index in [1.165, 1.54) is 5.56 Å². The summed E-state index contributed by atoms with van der Waals surface area (Å²) in [5.74, 6) is 1.42. The van der Waals surface area contributed by atoms with E-state index in [-0.39, 0.29) is 6.03 Å². The van der Waals surface area contributed by atoms with E-state index in [2.05, 4.69) is 10.6 Å². The van der Waals surface area contributed by atoms with E-state index in [1.54, 1.807) is 7.11 Å². The summed E-state index contributed by atoms with van der Waals surface area (Å²) in [4.78, 5) is 11.9. The smallest absolute Gasteiger partial charge is 0.319 e. The van der Waals surface area contributed by atoms with Gasteiger partial charge >= 0.3 is 6.03 Å². The third-order valence-electron chi connectivity index (χ3n) is 3.28. The van der Waals surface area contributed by atoms with Crippen molar-refractivity contribution in [3.05, 3.63) is 53.6 Å². The molecule has 0 radical (unpaired) electrons. The molecule has 0 atom stereocenters. The fourth-order valence-electron chi connectivity index (χ4n) is 2.05. The molecule has 0 bridgehead atoms. The van der Waals surface area contributed by atoms with Gasteiger partial charge in [0.2, 0.25) is 0 Å². The Hall–Kier alpha value is -2.69. The molecule has 0 spiro atoms. The third-order valence-corrected chi connectivity index (χ3v) is 3.28. The summed E-state index contributed by atoms with van der Waals surface area (Å²) in [6.45, 7) is 4.79. The third kappa shape index (κ3) is 5.21. The van der Waals surface area contributed by atoms with E-state index < -0.39 is 0 Å². The Balaban J connectivity index is 1.77. The van der Waals surface area contributed by atoms with Crippen LogP contribution in [0.4, 0.5) is 10.5 Å². The van der Waals surface area contributed by atoms with Gasteiger partial charge in [0.15, 0.2) is 0 Å². The van der Waals surface area contributed by atoms with Gasteiger partial charge in [-0.05, 0) is 43.7 Å². The molecule has 0 unspecified atom stereocenters. The minimum absolute atomic E-state index is 0.290. The molecule has 5 nitrogen and oxygen atoms in total. The normalized spacial score (nSPS) is 10.0. The van der Waals surface area contributed by atoms with Gasteiger partial charge in [-0.25, -0.2) is 4.79 Å². The SMILES string of the molecule is COc1ccc(C)cc1NC(=O)NCCOc1ccc(C)cc1. The second-order valence-electron chi connectivity index (χ2n) is 5.25. The van der Waals surface area contributed by atoms with Gasteiger partial charge in [-0.3, -0.25) is 0 Å². The highest BCUT2D eigenvalue weighted by Gasteiger charge is 2.07. The van der Waals surface area contributed by atoms with Crippen LogP contribution in [0, 0.1) is 13.8 Å². The van der Waals surface area contributed by atoms with Crippen LogP contribution in [0.3, 0.4) is 0 Å². The Morgan fingerprint density at radius 2 is 1.74 bits per heavy atom. The minimum atomic E-state index is -0.290. The van der Waals surface area contributed by atoms with Crippen LogP contribution in [0.25, 0.3) is 0 Å². The number of methoxy groups -OCH3 is 1. The van der Waals surface area contributed by atoms with Gasteiger partial charge in [0.25, 0.3) is 0 Å². The molecule has 2 amide bonds. The molecular formula is C18H22N2O3. The second kappa shape index (κ2) is 8.08. The summed E-state index contributed by atoms with van der Waals surface area (Å²) in [6, 6.07) is 13.1. The standard InChI is InChI=1S/C18H22N2O3/c1-13-4-7-15(8-5-13)23-11-10-19-18(21)20-16-12-14(2)6-9-17(16)22-3/h4-9,12H,10-11H2,1-3H3,(H2,19,20,21). The number of benzene rings is 2. The van der Waals surface area contributed by atoms with Crippen molar-refractivity contribution in [2.45, 2.75) is 13.8 Å². The first-order valence-electron chi connectivity index (χ1n) is 7.47. The first-order chi connectivity index (χ1) is 11.1. The molecule has 0 aliphatic heterocycles. The summed E-state index contributed by atoms with van der Waals surface area (Å²) in [5, 5.41) is 5.53. The average molecular weight is 314 g/mol. The molecule has 0 fully saturated rings. The molecular weight excluding hydrogens is 292 g/mol. The lowest BCUT2D eigenvalue weighted by Gasteiger charge is -2.12. The number of aryl methyl sites for hydroxylation is 2. The highest BCUT2D eigenvalue weighted by molar-refractivity contribution is 5.91. The van der Waals surface area contributed by atoms with Crippen LogP contribution in [-0.2, 0) is 0 Å². The zero-order valence-electron chi connectivity index (χ0n) is 13.7. The van der Waals surface area contributed by atoms with E-state index in [1.807, 2.05) is 56.3 Å². The maximum absolute atomic E-state index is 11.9. The molecule has 0 aromatic heterocycles. The van der Waals surface area contributed by atoms with E-state index in [9.17, 15) is 4.79 Å². The van der Waals surface area contributed by atoms with Crippen LogP contribution >= 0.6 is 0 Å². The van der Waals surface area contributed by atoms with Crippen molar-refractivity contribution in [2.75, 3.05) is 25.6 Å². The van der Waals surface area contributed by atoms with Crippen LogP contribution < -0.4 is 20.1 Å². The number of urea groups is 1. The zero-order chi connectivity index (χ0) is 16.7. The fourth-order valence-corrected chi connectivity index (χ4v) is 2.05. The molecule has 122 valence electrons. The van der Waals surface area contributed by atoms with Crippen LogP contribution in [0.5, 0.6) is 11.5 Å². The Labute approximate surface area is 136 Å². The lowest BCUT2D eigenvalue weighted by atomic mass is 10.2. The summed E-state index contributed by atoms with van der Waals surface area (Å²) >= 11 is 0. The highest BCUT2D eigenvalue weighted by atomic mass is 16.5. The number of carbonyl (C=O) groups excluding carboxylic acids is 1. The molecule has 2 aromatic rings. The molecule has 5 heteroatoms.